The maximum Gasteiger partial charge on any atom is 0.163 e. The molecule has 0 aliphatic rings. The summed E-state index contributed by atoms with van der Waals surface area (Å²) in [6.07, 6.45) is 1.77. The molecule has 0 spiro atoms. The Kier molecular flexibility index (Phi) is 4.22. The van der Waals surface area contributed by atoms with E-state index in [4.69, 9.17) is 0 Å². The van der Waals surface area contributed by atoms with Gasteiger partial charge in [0.05, 0.1) is 0 Å². The molecule has 0 amide bonds. The number of Topliss-reactive ketones (excluding diaryl/α,β-unsaturated/α-hetero) is 1. The van der Waals surface area contributed by atoms with Crippen LogP contribution in [0.2, 0.25) is 0 Å². The first-order valence-electron chi connectivity index (χ1n) is 5.17. The number of aryl methyl sites for hydroxylation is 1. The molecule has 1 aromatic carbocycles. The summed E-state index contributed by atoms with van der Waals surface area (Å²) in [5.41, 5.74) is 1.88. The molecule has 2 heteroatoms. The summed E-state index contributed by atoms with van der Waals surface area (Å²) in [5, 5.41) is 0. The Morgan fingerprint density at radius 1 is 1.33 bits per heavy atom. The zero-order chi connectivity index (χ0) is 11.3. The normalized spacial score (nSPS) is 12.1. The molecule has 0 N–H and O–H groups in total. The third kappa shape index (κ3) is 3.66. The van der Waals surface area contributed by atoms with Gasteiger partial charge in [-0.2, -0.15) is 0 Å². The molecule has 1 aromatic rings. The first-order chi connectivity index (χ1) is 7.13. The van der Waals surface area contributed by atoms with Crippen LogP contribution in [0.5, 0.6) is 0 Å². The Hall–Kier alpha value is -1.44. The molecule has 0 radical (unpaired) electrons. The molecule has 15 heavy (non-hydrogen) atoms. The van der Waals surface area contributed by atoms with E-state index in [1.165, 1.54) is 0 Å². The lowest BCUT2D eigenvalue weighted by Gasteiger charge is -2.06. The average Bonchev–Trinajstić information content (AvgIpc) is 2.18. The van der Waals surface area contributed by atoms with E-state index in [9.17, 15) is 9.59 Å². The highest BCUT2D eigenvalue weighted by Crippen LogP contribution is 2.12. The van der Waals surface area contributed by atoms with E-state index in [1.807, 2.05) is 38.1 Å². The summed E-state index contributed by atoms with van der Waals surface area (Å²) in [6, 6.07) is 7.53. The minimum absolute atomic E-state index is 0.115. The highest BCUT2D eigenvalue weighted by Gasteiger charge is 2.10. The molecule has 0 aliphatic heterocycles. The van der Waals surface area contributed by atoms with E-state index in [1.54, 1.807) is 0 Å². The van der Waals surface area contributed by atoms with Gasteiger partial charge in [0.1, 0.15) is 6.29 Å². The van der Waals surface area contributed by atoms with Crippen LogP contribution in [0.3, 0.4) is 0 Å². The van der Waals surface area contributed by atoms with Crippen molar-refractivity contribution < 1.29 is 9.59 Å². The molecule has 1 rings (SSSR count). The second-order valence-corrected chi connectivity index (χ2v) is 4.00. The third-order valence-electron chi connectivity index (χ3n) is 2.41. The van der Waals surface area contributed by atoms with Crippen LogP contribution in [-0.2, 0) is 4.79 Å². The number of ketones is 1. The van der Waals surface area contributed by atoms with Crippen LogP contribution >= 0.6 is 0 Å². The number of carbonyl (C=O) groups excluding carboxylic acids is 2. The Morgan fingerprint density at radius 2 is 1.93 bits per heavy atom. The Balaban J connectivity index is 2.61. The predicted octanol–water partition coefficient (Wildman–Crippen LogP) is 2.79. The van der Waals surface area contributed by atoms with Gasteiger partial charge in [0, 0.05) is 18.4 Å². The first kappa shape index (κ1) is 11.6. The molecule has 1 unspecified atom stereocenters. The van der Waals surface area contributed by atoms with E-state index in [0.29, 0.717) is 12.8 Å². The third-order valence-corrected chi connectivity index (χ3v) is 2.41. The Bertz CT molecular complexity index is 338. The summed E-state index contributed by atoms with van der Waals surface area (Å²) in [6.45, 7) is 3.91. The lowest BCUT2D eigenvalue weighted by atomic mass is 9.97. The topological polar surface area (TPSA) is 34.1 Å². The van der Waals surface area contributed by atoms with Crippen molar-refractivity contribution in [3.63, 3.8) is 0 Å². The van der Waals surface area contributed by atoms with Crippen LogP contribution in [-0.4, -0.2) is 12.1 Å². The van der Waals surface area contributed by atoms with E-state index in [0.717, 1.165) is 17.4 Å². The van der Waals surface area contributed by atoms with Gasteiger partial charge in [-0.25, -0.2) is 0 Å². The van der Waals surface area contributed by atoms with Crippen molar-refractivity contribution in [3.8, 4) is 0 Å². The summed E-state index contributed by atoms with van der Waals surface area (Å²) >= 11 is 0. The van der Waals surface area contributed by atoms with E-state index < -0.39 is 0 Å². The average molecular weight is 204 g/mol. The maximum absolute atomic E-state index is 11.7. The van der Waals surface area contributed by atoms with Crippen LogP contribution < -0.4 is 0 Å². The fourth-order valence-corrected chi connectivity index (χ4v) is 1.42. The maximum atomic E-state index is 11.7. The molecular weight excluding hydrogens is 188 g/mol. The lowest BCUT2D eigenvalue weighted by Crippen LogP contribution is -2.06. The predicted molar refractivity (Wildman–Crippen MR) is 60.0 cm³/mol. The van der Waals surface area contributed by atoms with Crippen molar-refractivity contribution in [2.75, 3.05) is 0 Å². The van der Waals surface area contributed by atoms with Crippen LogP contribution in [0.25, 0.3) is 0 Å². The molecular formula is C13H16O2. The molecule has 1 atom stereocenters. The van der Waals surface area contributed by atoms with Crippen molar-refractivity contribution in [1.29, 1.82) is 0 Å². The fraction of sp³-hybridized carbons (Fsp3) is 0.385. The van der Waals surface area contributed by atoms with Gasteiger partial charge in [-0.05, 0) is 12.8 Å². The number of carbonyl (C=O) groups is 2. The summed E-state index contributed by atoms with van der Waals surface area (Å²) in [7, 11) is 0. The molecule has 80 valence electrons. The summed E-state index contributed by atoms with van der Waals surface area (Å²) in [5.74, 6) is 0.251. The van der Waals surface area contributed by atoms with Crippen LogP contribution in [0.15, 0.2) is 24.3 Å². The highest BCUT2D eigenvalue weighted by molar-refractivity contribution is 5.96. The minimum atomic E-state index is 0.115. The molecule has 0 saturated carbocycles. The highest BCUT2D eigenvalue weighted by atomic mass is 16.1. The van der Waals surface area contributed by atoms with Gasteiger partial charge in [-0.1, -0.05) is 36.8 Å². The second-order valence-electron chi connectivity index (χ2n) is 4.00. The molecule has 0 aromatic heterocycles. The first-order valence-corrected chi connectivity index (χ1v) is 5.17. The van der Waals surface area contributed by atoms with Crippen molar-refractivity contribution in [3.05, 3.63) is 35.4 Å². The van der Waals surface area contributed by atoms with E-state index in [-0.39, 0.29) is 11.7 Å². The smallest absolute Gasteiger partial charge is 0.163 e. The van der Waals surface area contributed by atoms with Crippen molar-refractivity contribution >= 4 is 12.1 Å². The molecule has 0 aliphatic carbocycles. The molecule has 0 bridgehead atoms. The van der Waals surface area contributed by atoms with Crippen molar-refractivity contribution in [2.24, 2.45) is 5.92 Å². The number of rotatable bonds is 5. The van der Waals surface area contributed by atoms with Crippen molar-refractivity contribution in [1.82, 2.24) is 0 Å². The SMILES string of the molecule is Cc1ccc(C(=O)CC(C)CC=O)cc1. The monoisotopic (exact) mass is 204 g/mol. The zero-order valence-electron chi connectivity index (χ0n) is 9.19. The quantitative estimate of drug-likeness (QED) is 0.546. The van der Waals surface area contributed by atoms with Crippen LogP contribution in [0.4, 0.5) is 0 Å². The van der Waals surface area contributed by atoms with Gasteiger partial charge in [0.2, 0.25) is 0 Å². The van der Waals surface area contributed by atoms with Gasteiger partial charge >= 0.3 is 0 Å². The number of hydrogen-bond donors (Lipinski definition) is 0. The van der Waals surface area contributed by atoms with Gasteiger partial charge in [0.15, 0.2) is 5.78 Å². The second kappa shape index (κ2) is 5.44. The number of benzene rings is 1. The zero-order valence-corrected chi connectivity index (χ0v) is 9.19. The Labute approximate surface area is 90.3 Å². The largest absolute Gasteiger partial charge is 0.303 e. The van der Waals surface area contributed by atoms with Crippen LogP contribution in [0.1, 0.15) is 35.7 Å². The lowest BCUT2D eigenvalue weighted by molar-refractivity contribution is -0.108. The Morgan fingerprint density at radius 3 is 2.47 bits per heavy atom. The molecule has 0 fully saturated rings. The molecule has 0 heterocycles. The molecule has 2 nitrogen and oxygen atoms in total. The number of hydrogen-bond acceptors (Lipinski definition) is 2. The van der Waals surface area contributed by atoms with Gasteiger partial charge in [-0.15, -0.1) is 0 Å². The van der Waals surface area contributed by atoms with Crippen LogP contribution in [0, 0.1) is 12.8 Å². The van der Waals surface area contributed by atoms with Crippen molar-refractivity contribution in [2.45, 2.75) is 26.7 Å². The molecule has 0 saturated heterocycles. The summed E-state index contributed by atoms with van der Waals surface area (Å²) < 4.78 is 0. The van der Waals surface area contributed by atoms with Gasteiger partial charge in [-0.3, -0.25) is 4.79 Å². The van der Waals surface area contributed by atoms with E-state index >= 15 is 0 Å². The summed E-state index contributed by atoms with van der Waals surface area (Å²) in [4.78, 5) is 22.0. The number of aldehydes is 1. The fourth-order valence-electron chi connectivity index (χ4n) is 1.42. The van der Waals surface area contributed by atoms with Gasteiger partial charge in [0.25, 0.3) is 0 Å². The van der Waals surface area contributed by atoms with Gasteiger partial charge < -0.3 is 4.79 Å². The standard InChI is InChI=1S/C13H16O2/c1-10-3-5-12(6-4-10)13(15)9-11(2)7-8-14/h3-6,8,11H,7,9H2,1-2H3. The minimum Gasteiger partial charge on any atom is -0.303 e. The van der Waals surface area contributed by atoms with E-state index in [2.05, 4.69) is 0 Å².